The molecule has 11 heavy (non-hydrogen) atoms. The van der Waals surface area contributed by atoms with Crippen LogP contribution in [-0.4, -0.2) is 13.4 Å². The van der Waals surface area contributed by atoms with Crippen molar-refractivity contribution in [3.8, 4) is 0 Å². The lowest BCUT2D eigenvalue weighted by atomic mass is 10.2. The van der Waals surface area contributed by atoms with Gasteiger partial charge >= 0.3 is 0 Å². The molecule has 0 unspecified atom stereocenters. The molecule has 1 aromatic rings. The van der Waals surface area contributed by atoms with Crippen LogP contribution in [0.3, 0.4) is 0 Å². The Kier molecular flexibility index (Phi) is 3.14. The molecular weight excluding hydrogens is 160 g/mol. The van der Waals surface area contributed by atoms with Crippen LogP contribution in [0.5, 0.6) is 0 Å². The van der Waals surface area contributed by atoms with Gasteiger partial charge in [-0.15, -0.1) is 0 Å². The summed E-state index contributed by atoms with van der Waals surface area (Å²) in [6.45, 7) is 0. The zero-order chi connectivity index (χ0) is 8.10. The SMILES string of the molecule is COSc1ccccc1C=O. The highest BCUT2D eigenvalue weighted by atomic mass is 32.2. The Morgan fingerprint density at radius 3 is 2.82 bits per heavy atom. The Labute approximate surface area is 69.8 Å². The molecule has 0 amide bonds. The molecule has 0 saturated carbocycles. The monoisotopic (exact) mass is 168 g/mol. The average molecular weight is 168 g/mol. The smallest absolute Gasteiger partial charge is 0.151 e. The zero-order valence-corrected chi connectivity index (χ0v) is 6.93. The molecule has 0 saturated heterocycles. The minimum absolute atomic E-state index is 0.666. The summed E-state index contributed by atoms with van der Waals surface area (Å²) in [5, 5.41) is 0. The number of aldehydes is 1. The van der Waals surface area contributed by atoms with Gasteiger partial charge in [0.15, 0.2) is 6.29 Å². The third kappa shape index (κ3) is 2.06. The molecule has 0 atom stereocenters. The van der Waals surface area contributed by atoms with E-state index in [4.69, 9.17) is 4.18 Å². The molecule has 0 aliphatic heterocycles. The van der Waals surface area contributed by atoms with Crippen molar-refractivity contribution >= 4 is 18.3 Å². The highest BCUT2D eigenvalue weighted by Gasteiger charge is 1.98. The van der Waals surface area contributed by atoms with Crippen LogP contribution in [0.15, 0.2) is 29.2 Å². The molecule has 0 N–H and O–H groups in total. The standard InChI is InChI=1S/C8H8O2S/c1-10-11-8-5-3-2-4-7(8)6-9/h2-6H,1H3. The molecule has 0 heterocycles. The lowest BCUT2D eigenvalue weighted by Gasteiger charge is -1.99. The van der Waals surface area contributed by atoms with Crippen molar-refractivity contribution in [2.24, 2.45) is 0 Å². The molecule has 0 radical (unpaired) electrons. The molecule has 0 bridgehead atoms. The van der Waals surface area contributed by atoms with Gasteiger partial charge in [-0.05, 0) is 6.07 Å². The largest absolute Gasteiger partial charge is 0.314 e. The number of benzene rings is 1. The normalized spacial score (nSPS) is 9.55. The number of carbonyl (C=O) groups is 1. The molecule has 0 aliphatic carbocycles. The Hall–Kier alpha value is -0.800. The summed E-state index contributed by atoms with van der Waals surface area (Å²) in [7, 11) is 1.58. The van der Waals surface area contributed by atoms with Crippen LogP contribution in [0, 0.1) is 0 Å². The van der Waals surface area contributed by atoms with E-state index in [2.05, 4.69) is 0 Å². The van der Waals surface area contributed by atoms with Crippen molar-refractivity contribution in [1.29, 1.82) is 0 Å². The van der Waals surface area contributed by atoms with Gasteiger partial charge in [0.25, 0.3) is 0 Å². The van der Waals surface area contributed by atoms with Crippen LogP contribution < -0.4 is 0 Å². The fourth-order valence-electron chi connectivity index (χ4n) is 0.744. The number of hydrogen-bond acceptors (Lipinski definition) is 3. The third-order valence-electron chi connectivity index (χ3n) is 1.22. The van der Waals surface area contributed by atoms with Gasteiger partial charge in [0, 0.05) is 22.5 Å². The maximum absolute atomic E-state index is 10.4. The topological polar surface area (TPSA) is 26.3 Å². The molecule has 3 heteroatoms. The number of rotatable bonds is 3. The molecule has 1 aromatic carbocycles. The first-order valence-corrected chi connectivity index (χ1v) is 3.87. The Morgan fingerprint density at radius 2 is 2.18 bits per heavy atom. The summed E-state index contributed by atoms with van der Waals surface area (Å²) in [5.74, 6) is 0. The average Bonchev–Trinajstić information content (AvgIpc) is 2.06. The van der Waals surface area contributed by atoms with E-state index in [-0.39, 0.29) is 0 Å². The van der Waals surface area contributed by atoms with Gasteiger partial charge in [-0.25, -0.2) is 0 Å². The van der Waals surface area contributed by atoms with Crippen molar-refractivity contribution in [1.82, 2.24) is 0 Å². The van der Waals surface area contributed by atoms with E-state index in [1.54, 1.807) is 13.2 Å². The van der Waals surface area contributed by atoms with E-state index >= 15 is 0 Å². The lowest BCUT2D eigenvalue weighted by Crippen LogP contribution is -1.83. The van der Waals surface area contributed by atoms with Gasteiger partial charge < -0.3 is 4.18 Å². The maximum atomic E-state index is 10.4. The van der Waals surface area contributed by atoms with Gasteiger partial charge in [0.2, 0.25) is 0 Å². The molecule has 2 nitrogen and oxygen atoms in total. The molecular formula is C8H8O2S. The summed E-state index contributed by atoms with van der Waals surface area (Å²) in [5.41, 5.74) is 0.666. The number of carbonyl (C=O) groups excluding carboxylic acids is 1. The second-order valence-electron chi connectivity index (χ2n) is 1.91. The van der Waals surface area contributed by atoms with Crippen LogP contribution in [0.2, 0.25) is 0 Å². The first-order valence-electron chi connectivity index (χ1n) is 3.13. The Morgan fingerprint density at radius 1 is 1.45 bits per heavy atom. The third-order valence-corrected chi connectivity index (χ3v) is 1.94. The van der Waals surface area contributed by atoms with E-state index in [0.29, 0.717) is 5.56 Å². The predicted molar refractivity (Wildman–Crippen MR) is 44.7 cm³/mol. The molecule has 0 spiro atoms. The summed E-state index contributed by atoms with van der Waals surface area (Å²) in [6.07, 6.45) is 0.821. The second-order valence-corrected chi connectivity index (χ2v) is 2.85. The van der Waals surface area contributed by atoms with Gasteiger partial charge in [0.1, 0.15) is 0 Å². The van der Waals surface area contributed by atoms with Crippen LogP contribution in [0.4, 0.5) is 0 Å². The second kappa shape index (κ2) is 4.16. The van der Waals surface area contributed by atoms with Crippen LogP contribution in [0.1, 0.15) is 10.4 Å². The fourth-order valence-corrected chi connectivity index (χ4v) is 1.27. The van der Waals surface area contributed by atoms with Crippen LogP contribution in [0.25, 0.3) is 0 Å². The molecule has 58 valence electrons. The van der Waals surface area contributed by atoms with Crippen molar-refractivity contribution in [3.05, 3.63) is 29.8 Å². The molecule has 0 aromatic heterocycles. The van der Waals surface area contributed by atoms with Crippen molar-refractivity contribution < 1.29 is 8.98 Å². The molecule has 0 fully saturated rings. The van der Waals surface area contributed by atoms with Gasteiger partial charge in [-0.3, -0.25) is 4.79 Å². The van der Waals surface area contributed by atoms with Gasteiger partial charge in [0.05, 0.1) is 7.11 Å². The van der Waals surface area contributed by atoms with Crippen LogP contribution >= 0.6 is 12.0 Å². The van der Waals surface area contributed by atoms with Gasteiger partial charge in [-0.1, -0.05) is 18.2 Å². The van der Waals surface area contributed by atoms with Crippen molar-refractivity contribution in [2.45, 2.75) is 4.90 Å². The van der Waals surface area contributed by atoms with Crippen molar-refractivity contribution in [2.75, 3.05) is 7.11 Å². The molecule has 1 rings (SSSR count). The Balaban J connectivity index is 2.92. The van der Waals surface area contributed by atoms with E-state index in [1.807, 2.05) is 18.2 Å². The van der Waals surface area contributed by atoms with E-state index in [0.717, 1.165) is 11.2 Å². The highest BCUT2D eigenvalue weighted by Crippen LogP contribution is 2.20. The minimum atomic E-state index is 0.666. The van der Waals surface area contributed by atoms with E-state index in [9.17, 15) is 4.79 Å². The predicted octanol–water partition coefficient (Wildman–Crippen LogP) is 2.15. The maximum Gasteiger partial charge on any atom is 0.151 e. The lowest BCUT2D eigenvalue weighted by molar-refractivity contribution is 0.112. The summed E-state index contributed by atoms with van der Waals surface area (Å²) < 4.78 is 4.83. The van der Waals surface area contributed by atoms with Crippen molar-refractivity contribution in [3.63, 3.8) is 0 Å². The summed E-state index contributed by atoms with van der Waals surface area (Å²) in [6, 6.07) is 7.30. The molecule has 0 aliphatic rings. The summed E-state index contributed by atoms with van der Waals surface area (Å²) in [4.78, 5) is 11.3. The first-order chi connectivity index (χ1) is 5.38. The fraction of sp³-hybridized carbons (Fsp3) is 0.125. The van der Waals surface area contributed by atoms with E-state index < -0.39 is 0 Å². The number of hydrogen-bond donors (Lipinski definition) is 0. The van der Waals surface area contributed by atoms with Crippen LogP contribution in [-0.2, 0) is 4.18 Å². The summed E-state index contributed by atoms with van der Waals surface area (Å²) >= 11 is 1.20. The highest BCUT2D eigenvalue weighted by molar-refractivity contribution is 7.94. The minimum Gasteiger partial charge on any atom is -0.314 e. The zero-order valence-electron chi connectivity index (χ0n) is 6.11. The van der Waals surface area contributed by atoms with E-state index in [1.165, 1.54) is 12.0 Å². The first kappa shape index (κ1) is 8.30. The Bertz CT molecular complexity index is 248. The van der Waals surface area contributed by atoms with Gasteiger partial charge in [-0.2, -0.15) is 0 Å². The quantitative estimate of drug-likeness (QED) is 0.511.